The van der Waals surface area contributed by atoms with Crippen LogP contribution in [0.25, 0.3) is 0 Å². The van der Waals surface area contributed by atoms with Crippen LogP contribution in [0.3, 0.4) is 0 Å². The number of ether oxygens (including phenoxy) is 1. The van der Waals surface area contributed by atoms with Gasteiger partial charge < -0.3 is 10.1 Å². The van der Waals surface area contributed by atoms with Crippen molar-refractivity contribution >= 4 is 0 Å². The van der Waals surface area contributed by atoms with Crippen molar-refractivity contribution in [3.8, 4) is 5.75 Å². The molecule has 2 nitrogen and oxygen atoms in total. The Balaban J connectivity index is 1.71. The maximum Gasteiger partial charge on any atom is 0.119 e. The Morgan fingerprint density at radius 2 is 1.95 bits per heavy atom. The second-order valence-corrected chi connectivity index (χ2v) is 6.19. The maximum atomic E-state index is 5.94. The highest BCUT2D eigenvalue weighted by atomic mass is 16.5. The molecule has 21 heavy (non-hydrogen) atoms. The first-order valence-electron chi connectivity index (χ1n) is 8.81. The predicted octanol–water partition coefficient (Wildman–Crippen LogP) is 4.50. The molecule has 1 atom stereocenters. The topological polar surface area (TPSA) is 21.3 Å². The van der Waals surface area contributed by atoms with E-state index in [0.29, 0.717) is 6.04 Å². The largest absolute Gasteiger partial charge is 0.494 e. The summed E-state index contributed by atoms with van der Waals surface area (Å²) >= 11 is 0. The fraction of sp³-hybridized carbons (Fsp3) is 0.684. The summed E-state index contributed by atoms with van der Waals surface area (Å²) in [6, 6.07) is 7.33. The smallest absolute Gasteiger partial charge is 0.119 e. The van der Waals surface area contributed by atoms with E-state index >= 15 is 0 Å². The van der Waals surface area contributed by atoms with Crippen LogP contribution in [-0.4, -0.2) is 19.2 Å². The number of aryl methyl sites for hydroxylation is 2. The summed E-state index contributed by atoms with van der Waals surface area (Å²) in [5.74, 6) is 1.06. The molecule has 2 heteroatoms. The normalized spacial score (nSPS) is 15.5. The first-order chi connectivity index (χ1) is 10.3. The van der Waals surface area contributed by atoms with Gasteiger partial charge in [-0.2, -0.15) is 0 Å². The summed E-state index contributed by atoms with van der Waals surface area (Å²) in [4.78, 5) is 0. The molecule has 1 aromatic rings. The van der Waals surface area contributed by atoms with Crippen LogP contribution in [-0.2, 0) is 12.8 Å². The molecular weight excluding hydrogens is 258 g/mol. The van der Waals surface area contributed by atoms with Crippen molar-refractivity contribution in [2.45, 2.75) is 71.3 Å². The van der Waals surface area contributed by atoms with E-state index < -0.39 is 0 Å². The molecule has 0 bridgehead atoms. The third kappa shape index (κ3) is 5.35. The molecule has 0 saturated heterocycles. The summed E-state index contributed by atoms with van der Waals surface area (Å²) in [5, 5.41) is 3.60. The van der Waals surface area contributed by atoms with Crippen molar-refractivity contribution in [2.75, 3.05) is 13.2 Å². The molecule has 1 aromatic carbocycles. The van der Waals surface area contributed by atoms with Crippen molar-refractivity contribution in [1.29, 1.82) is 0 Å². The van der Waals surface area contributed by atoms with E-state index in [1.165, 1.54) is 56.1 Å². The van der Waals surface area contributed by atoms with Crippen LogP contribution in [0.15, 0.2) is 18.2 Å². The molecule has 0 fully saturated rings. The van der Waals surface area contributed by atoms with Crippen LogP contribution in [0.4, 0.5) is 0 Å². The van der Waals surface area contributed by atoms with Crippen molar-refractivity contribution in [3.63, 3.8) is 0 Å². The second kappa shape index (κ2) is 9.09. The van der Waals surface area contributed by atoms with Gasteiger partial charge in [-0.25, -0.2) is 0 Å². The van der Waals surface area contributed by atoms with Crippen LogP contribution in [0.1, 0.15) is 63.5 Å². The zero-order chi connectivity index (χ0) is 14.9. The molecule has 0 aliphatic heterocycles. The highest BCUT2D eigenvalue weighted by molar-refractivity contribution is 5.37. The molecule has 0 aromatic heterocycles. The van der Waals surface area contributed by atoms with Crippen molar-refractivity contribution in [2.24, 2.45) is 0 Å². The second-order valence-electron chi connectivity index (χ2n) is 6.19. The Morgan fingerprint density at radius 3 is 2.71 bits per heavy atom. The van der Waals surface area contributed by atoms with Gasteiger partial charge in [0, 0.05) is 6.04 Å². The van der Waals surface area contributed by atoms with Gasteiger partial charge in [-0.05, 0) is 81.2 Å². The van der Waals surface area contributed by atoms with Crippen molar-refractivity contribution in [3.05, 3.63) is 29.3 Å². The van der Waals surface area contributed by atoms with Crippen molar-refractivity contribution < 1.29 is 4.74 Å². The molecular formula is C19H31NO. The summed E-state index contributed by atoms with van der Waals surface area (Å²) in [7, 11) is 0. The molecule has 1 unspecified atom stereocenters. The minimum absolute atomic E-state index is 0.650. The highest BCUT2D eigenvalue weighted by Crippen LogP contribution is 2.25. The average Bonchev–Trinajstić information content (AvgIpc) is 2.54. The zero-order valence-corrected chi connectivity index (χ0v) is 13.8. The van der Waals surface area contributed by atoms with Gasteiger partial charge in [-0.3, -0.25) is 0 Å². The molecule has 118 valence electrons. The van der Waals surface area contributed by atoms with Gasteiger partial charge in [0.25, 0.3) is 0 Å². The lowest BCUT2D eigenvalue weighted by atomic mass is 9.92. The maximum absolute atomic E-state index is 5.94. The summed E-state index contributed by atoms with van der Waals surface area (Å²) in [6.07, 6.45) is 9.91. The van der Waals surface area contributed by atoms with Crippen LogP contribution < -0.4 is 10.1 Å². The van der Waals surface area contributed by atoms with Crippen molar-refractivity contribution in [1.82, 2.24) is 5.32 Å². The van der Waals surface area contributed by atoms with Gasteiger partial charge in [-0.1, -0.05) is 19.9 Å². The zero-order valence-electron chi connectivity index (χ0n) is 13.8. The Hall–Kier alpha value is -1.02. The fourth-order valence-electron chi connectivity index (χ4n) is 3.12. The number of hydrogen-bond donors (Lipinski definition) is 1. The van der Waals surface area contributed by atoms with Gasteiger partial charge in [0.1, 0.15) is 5.75 Å². The van der Waals surface area contributed by atoms with E-state index in [1.807, 2.05) is 0 Å². The van der Waals surface area contributed by atoms with E-state index in [9.17, 15) is 0 Å². The van der Waals surface area contributed by atoms with Gasteiger partial charge in [0.15, 0.2) is 0 Å². The predicted molar refractivity (Wildman–Crippen MR) is 90.2 cm³/mol. The van der Waals surface area contributed by atoms with Gasteiger partial charge in [0.2, 0.25) is 0 Å². The van der Waals surface area contributed by atoms with Crippen LogP contribution in [0.2, 0.25) is 0 Å². The minimum atomic E-state index is 0.650. The number of hydrogen-bond acceptors (Lipinski definition) is 2. The number of benzene rings is 1. The monoisotopic (exact) mass is 289 g/mol. The van der Waals surface area contributed by atoms with E-state index in [0.717, 1.165) is 25.3 Å². The van der Waals surface area contributed by atoms with Gasteiger partial charge >= 0.3 is 0 Å². The molecule has 0 radical (unpaired) electrons. The standard InChI is InChI=1S/C19H31NO/c1-3-13-20-18(4-2)10-7-14-21-19-12-11-16-8-5-6-9-17(16)15-19/h11-12,15,18,20H,3-10,13-14H2,1-2H3. The molecule has 0 spiro atoms. The lowest BCUT2D eigenvalue weighted by Gasteiger charge is -2.18. The van der Waals surface area contributed by atoms with Crippen LogP contribution >= 0.6 is 0 Å². The van der Waals surface area contributed by atoms with Crippen LogP contribution in [0.5, 0.6) is 5.75 Å². The van der Waals surface area contributed by atoms with E-state index in [4.69, 9.17) is 4.74 Å². The Labute approximate surface area is 130 Å². The third-order valence-electron chi connectivity index (χ3n) is 4.46. The van der Waals surface area contributed by atoms with Gasteiger partial charge in [0.05, 0.1) is 6.61 Å². The minimum Gasteiger partial charge on any atom is -0.494 e. The molecule has 2 rings (SSSR count). The molecule has 1 aliphatic carbocycles. The molecule has 0 amide bonds. The Bertz CT molecular complexity index is 416. The van der Waals surface area contributed by atoms with Crippen LogP contribution in [0, 0.1) is 0 Å². The van der Waals surface area contributed by atoms with E-state index in [2.05, 4.69) is 37.4 Å². The molecule has 0 saturated carbocycles. The SMILES string of the molecule is CCCNC(CC)CCCOc1ccc2c(c1)CCCC2. The first kappa shape index (κ1) is 16.4. The quantitative estimate of drug-likeness (QED) is 0.676. The number of rotatable bonds is 9. The summed E-state index contributed by atoms with van der Waals surface area (Å²) in [6.45, 7) is 6.45. The highest BCUT2D eigenvalue weighted by Gasteiger charge is 2.10. The number of nitrogens with one attached hydrogen (secondary N) is 1. The summed E-state index contributed by atoms with van der Waals surface area (Å²) in [5.41, 5.74) is 3.04. The Kier molecular flexibility index (Phi) is 7.08. The molecule has 1 N–H and O–H groups in total. The lowest BCUT2D eigenvalue weighted by molar-refractivity contribution is 0.294. The fourth-order valence-corrected chi connectivity index (χ4v) is 3.12. The van der Waals surface area contributed by atoms with Gasteiger partial charge in [-0.15, -0.1) is 0 Å². The molecule has 1 aliphatic rings. The van der Waals surface area contributed by atoms with E-state index in [1.54, 1.807) is 0 Å². The van der Waals surface area contributed by atoms with E-state index in [-0.39, 0.29) is 0 Å². The summed E-state index contributed by atoms with van der Waals surface area (Å²) < 4.78 is 5.94. The number of fused-ring (bicyclic) bond motifs is 1. The lowest BCUT2D eigenvalue weighted by Crippen LogP contribution is -2.29. The third-order valence-corrected chi connectivity index (χ3v) is 4.46. The first-order valence-corrected chi connectivity index (χ1v) is 8.81. The molecule has 0 heterocycles. The average molecular weight is 289 g/mol. The Morgan fingerprint density at radius 1 is 1.14 bits per heavy atom.